The second-order valence-electron chi connectivity index (χ2n) is 5.43. The predicted octanol–water partition coefficient (Wildman–Crippen LogP) is 1.61. The number of rotatable bonds is 2. The van der Waals surface area contributed by atoms with E-state index in [1.807, 2.05) is 0 Å². The summed E-state index contributed by atoms with van der Waals surface area (Å²) in [5.41, 5.74) is -0.619. The molecule has 0 spiro atoms. The van der Waals surface area contributed by atoms with E-state index < -0.39 is 5.54 Å². The van der Waals surface area contributed by atoms with Crippen LogP contribution in [0.15, 0.2) is 0 Å². The molecule has 1 atom stereocenters. The minimum atomic E-state index is -0.619. The molecule has 0 radical (unpaired) electrons. The standard InChI is InChI=1S/C13H20N2O2/c1-10-2-5-13(9-14,6-3-10)15-12(16)11-4-7-17-8-11/h10-11H,2-8H2,1H3,(H,15,16). The van der Waals surface area contributed by atoms with Crippen molar-refractivity contribution in [2.24, 2.45) is 11.8 Å². The number of ether oxygens (including phenoxy) is 1. The fourth-order valence-corrected chi connectivity index (χ4v) is 2.60. The van der Waals surface area contributed by atoms with E-state index in [0.717, 1.165) is 32.1 Å². The lowest BCUT2D eigenvalue weighted by molar-refractivity contribution is -0.126. The zero-order valence-electron chi connectivity index (χ0n) is 10.4. The normalized spacial score (nSPS) is 37.4. The van der Waals surface area contributed by atoms with Crippen molar-refractivity contribution in [3.8, 4) is 6.07 Å². The zero-order chi connectivity index (χ0) is 12.3. The fourth-order valence-electron chi connectivity index (χ4n) is 2.60. The first-order chi connectivity index (χ1) is 8.15. The van der Waals surface area contributed by atoms with E-state index in [0.29, 0.717) is 19.1 Å². The van der Waals surface area contributed by atoms with Gasteiger partial charge in [-0.05, 0) is 38.0 Å². The number of carbonyl (C=O) groups is 1. The minimum Gasteiger partial charge on any atom is -0.381 e. The minimum absolute atomic E-state index is 0.00129. The van der Waals surface area contributed by atoms with Gasteiger partial charge in [0.2, 0.25) is 5.91 Å². The van der Waals surface area contributed by atoms with Gasteiger partial charge in [0.05, 0.1) is 18.6 Å². The van der Waals surface area contributed by atoms with Crippen LogP contribution in [0.5, 0.6) is 0 Å². The summed E-state index contributed by atoms with van der Waals surface area (Å²) in [5, 5.41) is 12.3. The van der Waals surface area contributed by atoms with Crippen LogP contribution in [-0.2, 0) is 9.53 Å². The molecule has 2 rings (SSSR count). The Bertz CT molecular complexity index is 321. The van der Waals surface area contributed by atoms with E-state index in [1.54, 1.807) is 0 Å². The zero-order valence-corrected chi connectivity index (χ0v) is 10.4. The molecule has 94 valence electrons. The summed E-state index contributed by atoms with van der Waals surface area (Å²) in [4.78, 5) is 12.0. The van der Waals surface area contributed by atoms with E-state index in [9.17, 15) is 10.1 Å². The lowest BCUT2D eigenvalue weighted by atomic mass is 9.77. The Morgan fingerprint density at radius 1 is 1.41 bits per heavy atom. The van der Waals surface area contributed by atoms with Crippen molar-refractivity contribution in [1.29, 1.82) is 5.26 Å². The summed E-state index contributed by atoms with van der Waals surface area (Å²) in [6.07, 6.45) is 4.39. The lowest BCUT2D eigenvalue weighted by Crippen LogP contribution is -2.51. The number of nitrogens with one attached hydrogen (secondary N) is 1. The van der Waals surface area contributed by atoms with Gasteiger partial charge in [-0.2, -0.15) is 5.26 Å². The summed E-state index contributed by atoms with van der Waals surface area (Å²) >= 11 is 0. The van der Waals surface area contributed by atoms with Crippen LogP contribution in [0, 0.1) is 23.2 Å². The molecule has 2 aliphatic rings. The smallest absolute Gasteiger partial charge is 0.226 e. The van der Waals surface area contributed by atoms with Crippen LogP contribution in [-0.4, -0.2) is 24.7 Å². The van der Waals surface area contributed by atoms with Gasteiger partial charge in [0, 0.05) is 6.61 Å². The molecule has 0 bridgehead atoms. The highest BCUT2D eigenvalue weighted by Gasteiger charge is 2.37. The maximum absolute atomic E-state index is 12.0. The van der Waals surface area contributed by atoms with Gasteiger partial charge in [-0.3, -0.25) is 4.79 Å². The molecule has 1 heterocycles. The number of nitrogens with zero attached hydrogens (tertiary/aromatic N) is 1. The second-order valence-corrected chi connectivity index (χ2v) is 5.43. The van der Waals surface area contributed by atoms with E-state index in [4.69, 9.17) is 4.74 Å². The van der Waals surface area contributed by atoms with Crippen LogP contribution >= 0.6 is 0 Å². The highest BCUT2D eigenvalue weighted by Crippen LogP contribution is 2.32. The number of hydrogen-bond donors (Lipinski definition) is 1. The Morgan fingerprint density at radius 3 is 2.65 bits per heavy atom. The van der Waals surface area contributed by atoms with Crippen LogP contribution in [0.2, 0.25) is 0 Å². The first-order valence-corrected chi connectivity index (χ1v) is 6.46. The summed E-state index contributed by atoms with van der Waals surface area (Å²) in [6.45, 7) is 3.37. The third-order valence-corrected chi connectivity index (χ3v) is 4.00. The Labute approximate surface area is 102 Å². The van der Waals surface area contributed by atoms with Gasteiger partial charge < -0.3 is 10.1 Å². The number of nitriles is 1. The maximum atomic E-state index is 12.0. The van der Waals surface area contributed by atoms with E-state index in [-0.39, 0.29) is 11.8 Å². The van der Waals surface area contributed by atoms with Gasteiger partial charge in [-0.25, -0.2) is 0 Å². The average Bonchev–Trinajstić information content (AvgIpc) is 2.86. The topological polar surface area (TPSA) is 62.1 Å². The molecule has 0 aromatic carbocycles. The lowest BCUT2D eigenvalue weighted by Gasteiger charge is -2.35. The van der Waals surface area contributed by atoms with Gasteiger partial charge >= 0.3 is 0 Å². The third-order valence-electron chi connectivity index (χ3n) is 4.00. The molecule has 1 N–H and O–H groups in total. The van der Waals surface area contributed by atoms with Crippen LogP contribution in [0.1, 0.15) is 39.0 Å². The van der Waals surface area contributed by atoms with Gasteiger partial charge in [0.25, 0.3) is 0 Å². The molecule has 17 heavy (non-hydrogen) atoms. The molecule has 0 aromatic rings. The summed E-state index contributed by atoms with van der Waals surface area (Å²) < 4.78 is 5.21. The van der Waals surface area contributed by atoms with Crippen molar-refractivity contribution in [3.63, 3.8) is 0 Å². The average molecular weight is 236 g/mol. The predicted molar refractivity (Wildman–Crippen MR) is 63.0 cm³/mol. The SMILES string of the molecule is CC1CCC(C#N)(NC(=O)C2CCOC2)CC1. The van der Waals surface area contributed by atoms with Gasteiger partial charge in [0.1, 0.15) is 5.54 Å². The Hall–Kier alpha value is -1.08. The van der Waals surface area contributed by atoms with Crippen molar-refractivity contribution in [1.82, 2.24) is 5.32 Å². The monoisotopic (exact) mass is 236 g/mol. The van der Waals surface area contributed by atoms with Crippen molar-refractivity contribution >= 4 is 5.91 Å². The highest BCUT2D eigenvalue weighted by molar-refractivity contribution is 5.80. The summed E-state index contributed by atoms with van der Waals surface area (Å²) in [6, 6.07) is 2.32. The van der Waals surface area contributed by atoms with Crippen molar-refractivity contribution in [3.05, 3.63) is 0 Å². The van der Waals surface area contributed by atoms with Crippen LogP contribution in [0.25, 0.3) is 0 Å². The van der Waals surface area contributed by atoms with E-state index >= 15 is 0 Å². The molecule has 1 saturated carbocycles. The van der Waals surface area contributed by atoms with Crippen LogP contribution in [0.4, 0.5) is 0 Å². The number of amides is 1. The molecule has 4 heteroatoms. The first kappa shape index (κ1) is 12.4. The Balaban J connectivity index is 1.95. The Kier molecular flexibility index (Phi) is 3.68. The third kappa shape index (κ3) is 2.78. The van der Waals surface area contributed by atoms with Crippen LogP contribution < -0.4 is 5.32 Å². The van der Waals surface area contributed by atoms with Gasteiger partial charge in [-0.1, -0.05) is 6.92 Å². The molecule has 1 saturated heterocycles. The molecule has 2 fully saturated rings. The highest BCUT2D eigenvalue weighted by atomic mass is 16.5. The van der Waals surface area contributed by atoms with Crippen molar-refractivity contribution < 1.29 is 9.53 Å². The molecule has 1 unspecified atom stereocenters. The molecular formula is C13H20N2O2. The molecule has 0 aromatic heterocycles. The molecule has 1 amide bonds. The van der Waals surface area contributed by atoms with Gasteiger partial charge in [-0.15, -0.1) is 0 Å². The summed E-state index contributed by atoms with van der Waals surface area (Å²) in [7, 11) is 0. The van der Waals surface area contributed by atoms with E-state index in [2.05, 4.69) is 18.3 Å². The summed E-state index contributed by atoms with van der Waals surface area (Å²) in [5.74, 6) is 0.612. The van der Waals surface area contributed by atoms with Gasteiger partial charge in [0.15, 0.2) is 0 Å². The largest absolute Gasteiger partial charge is 0.381 e. The molecule has 1 aliphatic carbocycles. The van der Waals surface area contributed by atoms with Crippen LogP contribution in [0.3, 0.4) is 0 Å². The number of carbonyl (C=O) groups excluding carboxylic acids is 1. The molecule has 4 nitrogen and oxygen atoms in total. The molecule has 1 aliphatic heterocycles. The van der Waals surface area contributed by atoms with Crippen molar-refractivity contribution in [2.75, 3.05) is 13.2 Å². The number of hydrogen-bond acceptors (Lipinski definition) is 3. The quantitative estimate of drug-likeness (QED) is 0.792. The fraction of sp³-hybridized carbons (Fsp3) is 0.846. The second kappa shape index (κ2) is 5.05. The Morgan fingerprint density at radius 2 is 2.12 bits per heavy atom. The van der Waals surface area contributed by atoms with E-state index in [1.165, 1.54) is 0 Å². The van der Waals surface area contributed by atoms with Crippen molar-refractivity contribution in [2.45, 2.75) is 44.6 Å². The first-order valence-electron chi connectivity index (χ1n) is 6.46. The maximum Gasteiger partial charge on any atom is 0.226 e. The molecular weight excluding hydrogens is 216 g/mol.